The van der Waals surface area contributed by atoms with E-state index < -0.39 is 6.10 Å². The van der Waals surface area contributed by atoms with Crippen molar-refractivity contribution in [2.24, 2.45) is 0 Å². The third kappa shape index (κ3) is 43.8. The molecule has 0 aliphatic heterocycles. The number of unbranched alkanes of at least 4 members (excludes halogenated alkanes) is 16. The van der Waals surface area contributed by atoms with Gasteiger partial charge >= 0.3 is 11.9 Å². The van der Waals surface area contributed by atoms with Crippen molar-refractivity contribution >= 4 is 11.9 Å². The summed E-state index contributed by atoms with van der Waals surface area (Å²) in [5.41, 5.74) is 0. The first-order valence-electron chi connectivity index (χ1n) is 23.1. The Kier molecular flexibility index (Phi) is 44.0. The Morgan fingerprint density at radius 3 is 1.41 bits per heavy atom. The molecule has 0 heterocycles. The molecule has 0 radical (unpaired) electrons. The van der Waals surface area contributed by atoms with Gasteiger partial charge < -0.3 is 14.2 Å². The summed E-state index contributed by atoms with van der Waals surface area (Å²) < 4.78 is 17.2. The normalized spacial score (nSPS) is 13.0. The third-order valence-corrected chi connectivity index (χ3v) is 9.43. The SMILES string of the molecule is CC/C=C\C/C=C\C/C=C\C/C=C\C/C=C\C/C=C\CCC(=O)OCC(COCCCCCCCCCCCC)OC(=O)CCCCCCC/C=C\CCCC. The lowest BCUT2D eigenvalue weighted by Crippen LogP contribution is -2.30. The minimum atomic E-state index is -0.569. The Hall–Kier alpha value is -2.92. The first-order chi connectivity index (χ1) is 27.6. The van der Waals surface area contributed by atoms with Crippen LogP contribution in [-0.2, 0) is 23.8 Å². The Morgan fingerprint density at radius 1 is 0.411 bits per heavy atom. The third-order valence-electron chi connectivity index (χ3n) is 9.43. The number of rotatable bonds is 41. The Morgan fingerprint density at radius 2 is 0.857 bits per heavy atom. The van der Waals surface area contributed by atoms with Crippen molar-refractivity contribution in [1.29, 1.82) is 0 Å². The first kappa shape index (κ1) is 53.1. The van der Waals surface area contributed by atoms with Gasteiger partial charge in [0.1, 0.15) is 6.61 Å². The zero-order chi connectivity index (χ0) is 40.7. The van der Waals surface area contributed by atoms with Gasteiger partial charge in [-0.05, 0) is 77.0 Å². The highest BCUT2D eigenvalue weighted by atomic mass is 16.6. The number of esters is 2. The molecular weight excluding hydrogens is 693 g/mol. The fraction of sp³-hybridized carbons (Fsp3) is 0.686. The minimum Gasteiger partial charge on any atom is -0.462 e. The van der Waals surface area contributed by atoms with Gasteiger partial charge in [0.25, 0.3) is 0 Å². The largest absolute Gasteiger partial charge is 0.462 e. The van der Waals surface area contributed by atoms with Crippen molar-refractivity contribution in [3.05, 3.63) is 85.1 Å². The van der Waals surface area contributed by atoms with E-state index in [1.54, 1.807) is 0 Å². The number of ether oxygens (including phenoxy) is 3. The standard InChI is InChI=1S/C51H86O5/c1-4-7-10-13-16-19-22-23-24-25-26-27-28-29-31-32-35-38-41-44-50(52)55-48-49(47-54-46-43-40-37-34-21-18-15-12-9-6-3)56-51(53)45-42-39-36-33-30-20-17-14-11-8-5-2/h7,10,14,16-17,19,23-24,26-27,29,31,35,38,49H,4-6,8-9,11-13,15,18,20-22,25,28,30,32-34,36-37,39-48H2,1-3H3/b10-7-,17-14-,19-16-,24-23-,27-26-,31-29-,38-35-. The van der Waals surface area contributed by atoms with Gasteiger partial charge in [-0.3, -0.25) is 9.59 Å². The van der Waals surface area contributed by atoms with Gasteiger partial charge in [-0.15, -0.1) is 0 Å². The van der Waals surface area contributed by atoms with E-state index in [9.17, 15) is 9.59 Å². The fourth-order valence-electron chi connectivity index (χ4n) is 5.99. The van der Waals surface area contributed by atoms with Crippen molar-refractivity contribution in [2.75, 3.05) is 19.8 Å². The highest BCUT2D eigenvalue weighted by Gasteiger charge is 2.17. The van der Waals surface area contributed by atoms with Crippen LogP contribution in [0.15, 0.2) is 85.1 Å². The highest BCUT2D eigenvalue weighted by molar-refractivity contribution is 5.70. The maximum absolute atomic E-state index is 12.7. The van der Waals surface area contributed by atoms with Crippen molar-refractivity contribution in [1.82, 2.24) is 0 Å². The van der Waals surface area contributed by atoms with Gasteiger partial charge in [0.2, 0.25) is 0 Å². The summed E-state index contributed by atoms with van der Waals surface area (Å²) >= 11 is 0. The Labute approximate surface area is 346 Å². The van der Waals surface area contributed by atoms with E-state index in [1.165, 1.54) is 83.5 Å². The molecule has 1 unspecified atom stereocenters. The second-order valence-corrected chi connectivity index (χ2v) is 14.9. The van der Waals surface area contributed by atoms with E-state index in [2.05, 4.69) is 99.8 Å². The maximum Gasteiger partial charge on any atom is 0.306 e. The number of carbonyl (C=O) groups is 2. The molecule has 5 nitrogen and oxygen atoms in total. The monoisotopic (exact) mass is 779 g/mol. The summed E-state index contributed by atoms with van der Waals surface area (Å²) in [6.07, 6.45) is 60.2. The minimum absolute atomic E-state index is 0.0398. The summed E-state index contributed by atoms with van der Waals surface area (Å²) in [4.78, 5) is 25.2. The Bertz CT molecular complexity index is 1060. The maximum atomic E-state index is 12.7. The molecule has 1 atom stereocenters. The second-order valence-electron chi connectivity index (χ2n) is 14.9. The summed E-state index contributed by atoms with van der Waals surface area (Å²) in [6.45, 7) is 7.57. The van der Waals surface area contributed by atoms with E-state index in [4.69, 9.17) is 14.2 Å². The topological polar surface area (TPSA) is 61.8 Å². The number of hydrogen-bond donors (Lipinski definition) is 0. The van der Waals surface area contributed by atoms with Crippen molar-refractivity contribution in [2.45, 2.75) is 207 Å². The van der Waals surface area contributed by atoms with E-state index in [0.717, 1.165) is 77.0 Å². The molecule has 0 N–H and O–H groups in total. The second kappa shape index (κ2) is 46.5. The lowest BCUT2D eigenvalue weighted by atomic mass is 10.1. The summed E-state index contributed by atoms with van der Waals surface area (Å²) in [7, 11) is 0. The molecule has 320 valence electrons. The molecule has 0 fully saturated rings. The highest BCUT2D eigenvalue weighted by Crippen LogP contribution is 2.12. The van der Waals surface area contributed by atoms with Crippen LogP contribution < -0.4 is 0 Å². The summed E-state index contributed by atoms with van der Waals surface area (Å²) in [5.74, 6) is -0.508. The first-order valence-corrected chi connectivity index (χ1v) is 23.1. The molecule has 0 spiro atoms. The van der Waals surface area contributed by atoms with Crippen LogP contribution in [0.4, 0.5) is 0 Å². The molecule has 0 aliphatic carbocycles. The fourth-order valence-corrected chi connectivity index (χ4v) is 5.99. The quantitative estimate of drug-likeness (QED) is 0.0351. The van der Waals surface area contributed by atoms with Crippen LogP contribution in [0.25, 0.3) is 0 Å². The molecule has 0 saturated heterocycles. The molecule has 0 aromatic rings. The van der Waals surface area contributed by atoms with Crippen LogP contribution in [0, 0.1) is 0 Å². The smallest absolute Gasteiger partial charge is 0.306 e. The van der Waals surface area contributed by atoms with Gasteiger partial charge in [0, 0.05) is 19.4 Å². The zero-order valence-electron chi connectivity index (χ0n) is 36.6. The van der Waals surface area contributed by atoms with Crippen LogP contribution in [0.2, 0.25) is 0 Å². The Balaban J connectivity index is 4.35. The van der Waals surface area contributed by atoms with E-state index in [-0.39, 0.29) is 25.2 Å². The summed E-state index contributed by atoms with van der Waals surface area (Å²) in [5, 5.41) is 0. The molecule has 0 bridgehead atoms. The predicted octanol–water partition coefficient (Wildman–Crippen LogP) is 15.3. The lowest BCUT2D eigenvalue weighted by molar-refractivity contribution is -0.162. The van der Waals surface area contributed by atoms with E-state index in [1.807, 2.05) is 6.08 Å². The van der Waals surface area contributed by atoms with Gasteiger partial charge in [0.05, 0.1) is 6.61 Å². The average molecular weight is 779 g/mol. The molecule has 0 saturated carbocycles. The van der Waals surface area contributed by atoms with Crippen LogP contribution in [-0.4, -0.2) is 37.9 Å². The average Bonchev–Trinajstić information content (AvgIpc) is 3.20. The molecule has 56 heavy (non-hydrogen) atoms. The van der Waals surface area contributed by atoms with Crippen LogP contribution in [0.5, 0.6) is 0 Å². The van der Waals surface area contributed by atoms with Gasteiger partial charge in [-0.25, -0.2) is 0 Å². The van der Waals surface area contributed by atoms with Crippen molar-refractivity contribution in [3.63, 3.8) is 0 Å². The molecule has 0 aliphatic rings. The lowest BCUT2D eigenvalue weighted by Gasteiger charge is -2.18. The molecule has 5 heteroatoms. The van der Waals surface area contributed by atoms with Crippen LogP contribution in [0.1, 0.15) is 201 Å². The van der Waals surface area contributed by atoms with Gasteiger partial charge in [0.15, 0.2) is 6.10 Å². The van der Waals surface area contributed by atoms with E-state index in [0.29, 0.717) is 25.9 Å². The van der Waals surface area contributed by atoms with Crippen molar-refractivity contribution < 1.29 is 23.8 Å². The number of allylic oxidation sites excluding steroid dienone is 14. The molecule has 0 rings (SSSR count). The van der Waals surface area contributed by atoms with E-state index >= 15 is 0 Å². The number of hydrogen-bond acceptors (Lipinski definition) is 5. The molecule has 0 amide bonds. The summed E-state index contributed by atoms with van der Waals surface area (Å²) in [6, 6.07) is 0. The van der Waals surface area contributed by atoms with Crippen molar-refractivity contribution in [3.8, 4) is 0 Å². The molecular formula is C51H86O5. The number of carbonyl (C=O) groups excluding carboxylic acids is 2. The van der Waals surface area contributed by atoms with Crippen LogP contribution in [0.3, 0.4) is 0 Å². The zero-order valence-corrected chi connectivity index (χ0v) is 36.6. The molecule has 0 aromatic carbocycles. The van der Waals surface area contributed by atoms with Gasteiger partial charge in [-0.1, -0.05) is 196 Å². The molecule has 0 aromatic heterocycles. The van der Waals surface area contributed by atoms with Gasteiger partial charge in [-0.2, -0.15) is 0 Å². The predicted molar refractivity (Wildman–Crippen MR) is 242 cm³/mol. The van der Waals surface area contributed by atoms with Crippen LogP contribution >= 0.6 is 0 Å².